The average molecular weight is 276 g/mol. The van der Waals surface area contributed by atoms with Gasteiger partial charge in [-0.05, 0) is 17.2 Å². The number of carbonyl (C=O) groups is 2. The van der Waals surface area contributed by atoms with E-state index in [-0.39, 0.29) is 16.9 Å². The van der Waals surface area contributed by atoms with E-state index in [0.29, 0.717) is 11.1 Å². The third-order valence-corrected chi connectivity index (χ3v) is 3.37. The maximum atomic E-state index is 12.3. The second kappa shape index (κ2) is 5.21. The summed E-state index contributed by atoms with van der Waals surface area (Å²) < 4.78 is 0. The standard InChI is InChI=1S/C18H12O3/c19-15-11-14(12-7-3-1-4-8-12)17(20)18(21)16(15)13-9-5-2-6-10-13/h1-11,21H. The highest BCUT2D eigenvalue weighted by Crippen LogP contribution is 2.30. The molecule has 21 heavy (non-hydrogen) atoms. The van der Waals surface area contributed by atoms with E-state index in [9.17, 15) is 14.7 Å². The van der Waals surface area contributed by atoms with Gasteiger partial charge in [0, 0.05) is 5.57 Å². The molecule has 0 heterocycles. The molecule has 0 saturated carbocycles. The number of allylic oxidation sites excluding steroid dienone is 3. The molecule has 2 aromatic rings. The third-order valence-electron chi connectivity index (χ3n) is 3.37. The molecule has 3 nitrogen and oxygen atoms in total. The van der Waals surface area contributed by atoms with E-state index in [1.807, 2.05) is 12.1 Å². The van der Waals surface area contributed by atoms with Gasteiger partial charge in [0.2, 0.25) is 5.78 Å². The topological polar surface area (TPSA) is 54.4 Å². The Labute approximate surface area is 121 Å². The van der Waals surface area contributed by atoms with Crippen LogP contribution in [0.5, 0.6) is 0 Å². The Balaban J connectivity index is 2.08. The Hall–Kier alpha value is -2.94. The second-order valence-electron chi connectivity index (χ2n) is 4.71. The van der Waals surface area contributed by atoms with Gasteiger partial charge in [-0.3, -0.25) is 9.59 Å². The Morgan fingerprint density at radius 3 is 1.81 bits per heavy atom. The number of aliphatic hydroxyl groups is 1. The first-order valence-electron chi connectivity index (χ1n) is 6.53. The molecule has 0 fully saturated rings. The van der Waals surface area contributed by atoms with Gasteiger partial charge in [-0.15, -0.1) is 0 Å². The van der Waals surface area contributed by atoms with Gasteiger partial charge < -0.3 is 5.11 Å². The van der Waals surface area contributed by atoms with Crippen LogP contribution in [0.2, 0.25) is 0 Å². The van der Waals surface area contributed by atoms with Crippen LogP contribution in [0, 0.1) is 0 Å². The number of ketones is 2. The maximum absolute atomic E-state index is 12.3. The van der Waals surface area contributed by atoms with Crippen LogP contribution in [0.3, 0.4) is 0 Å². The summed E-state index contributed by atoms with van der Waals surface area (Å²) in [6.45, 7) is 0. The molecule has 1 aliphatic rings. The predicted octanol–water partition coefficient (Wildman–Crippen LogP) is 3.19. The van der Waals surface area contributed by atoms with Crippen LogP contribution < -0.4 is 0 Å². The SMILES string of the molecule is O=C1C=C(c2ccccc2)C(=O)C(O)=C1c1ccccc1. The molecule has 0 amide bonds. The summed E-state index contributed by atoms with van der Waals surface area (Å²) in [6, 6.07) is 17.5. The fourth-order valence-electron chi connectivity index (χ4n) is 2.34. The quantitative estimate of drug-likeness (QED) is 0.857. The van der Waals surface area contributed by atoms with Gasteiger partial charge in [0.1, 0.15) is 0 Å². The summed E-state index contributed by atoms with van der Waals surface area (Å²) in [5.74, 6) is -1.38. The minimum Gasteiger partial charge on any atom is -0.504 e. The van der Waals surface area contributed by atoms with Gasteiger partial charge in [-0.2, -0.15) is 0 Å². The van der Waals surface area contributed by atoms with E-state index >= 15 is 0 Å². The third kappa shape index (κ3) is 2.30. The molecule has 0 aromatic heterocycles. The van der Waals surface area contributed by atoms with E-state index in [1.54, 1.807) is 48.5 Å². The number of rotatable bonds is 2. The molecule has 2 aromatic carbocycles. The van der Waals surface area contributed by atoms with Gasteiger partial charge in [-0.1, -0.05) is 60.7 Å². The number of benzene rings is 2. The Morgan fingerprint density at radius 1 is 0.714 bits per heavy atom. The van der Waals surface area contributed by atoms with Crippen LogP contribution >= 0.6 is 0 Å². The van der Waals surface area contributed by atoms with Crippen molar-refractivity contribution in [1.82, 2.24) is 0 Å². The number of aliphatic hydroxyl groups excluding tert-OH is 1. The second-order valence-corrected chi connectivity index (χ2v) is 4.71. The Morgan fingerprint density at radius 2 is 1.24 bits per heavy atom. The largest absolute Gasteiger partial charge is 0.504 e. The molecule has 0 aliphatic heterocycles. The minimum atomic E-state index is -0.528. The molecule has 0 unspecified atom stereocenters. The fraction of sp³-hybridized carbons (Fsp3) is 0. The van der Waals surface area contributed by atoms with Crippen LogP contribution in [0.25, 0.3) is 11.1 Å². The summed E-state index contributed by atoms with van der Waals surface area (Å²) in [7, 11) is 0. The summed E-state index contributed by atoms with van der Waals surface area (Å²) in [6.07, 6.45) is 1.29. The summed E-state index contributed by atoms with van der Waals surface area (Å²) in [5, 5.41) is 10.2. The molecule has 0 bridgehead atoms. The molecule has 1 aliphatic carbocycles. The van der Waals surface area contributed by atoms with Gasteiger partial charge in [0.15, 0.2) is 11.5 Å². The summed E-state index contributed by atoms with van der Waals surface area (Å²) in [5.41, 5.74) is 1.43. The molecule has 1 N–H and O–H groups in total. The summed E-state index contributed by atoms with van der Waals surface area (Å²) in [4.78, 5) is 24.6. The molecule has 102 valence electrons. The first kappa shape index (κ1) is 13.1. The van der Waals surface area contributed by atoms with Crippen molar-refractivity contribution >= 4 is 22.7 Å². The van der Waals surface area contributed by atoms with Crippen molar-refractivity contribution in [2.75, 3.05) is 0 Å². The van der Waals surface area contributed by atoms with E-state index in [4.69, 9.17) is 0 Å². The lowest BCUT2D eigenvalue weighted by atomic mass is 9.88. The lowest BCUT2D eigenvalue weighted by molar-refractivity contribution is -0.115. The van der Waals surface area contributed by atoms with Crippen LogP contribution in [0.4, 0.5) is 0 Å². The molecule has 3 heteroatoms. The number of hydrogen-bond donors (Lipinski definition) is 1. The van der Waals surface area contributed by atoms with Crippen molar-refractivity contribution in [3.05, 3.63) is 83.6 Å². The molecule has 0 atom stereocenters. The van der Waals surface area contributed by atoms with Crippen molar-refractivity contribution in [2.24, 2.45) is 0 Å². The molecule has 3 rings (SSSR count). The highest BCUT2D eigenvalue weighted by Gasteiger charge is 2.29. The monoisotopic (exact) mass is 276 g/mol. The van der Waals surface area contributed by atoms with E-state index < -0.39 is 11.5 Å². The highest BCUT2D eigenvalue weighted by molar-refractivity contribution is 6.45. The fourth-order valence-corrected chi connectivity index (χ4v) is 2.34. The van der Waals surface area contributed by atoms with Crippen molar-refractivity contribution < 1.29 is 14.7 Å². The normalized spacial score (nSPS) is 15.1. The van der Waals surface area contributed by atoms with Crippen molar-refractivity contribution in [2.45, 2.75) is 0 Å². The molecular formula is C18H12O3. The number of Topliss-reactive ketones (excluding diaryl/α,β-unsaturated/α-hetero) is 1. The van der Waals surface area contributed by atoms with Gasteiger partial charge in [-0.25, -0.2) is 0 Å². The average Bonchev–Trinajstić information content (AvgIpc) is 2.53. The van der Waals surface area contributed by atoms with Crippen LogP contribution in [-0.2, 0) is 9.59 Å². The Kier molecular flexibility index (Phi) is 3.24. The van der Waals surface area contributed by atoms with E-state index in [2.05, 4.69) is 0 Å². The number of hydrogen-bond acceptors (Lipinski definition) is 3. The van der Waals surface area contributed by atoms with Gasteiger partial charge in [0.05, 0.1) is 5.57 Å². The van der Waals surface area contributed by atoms with Crippen molar-refractivity contribution in [3.8, 4) is 0 Å². The van der Waals surface area contributed by atoms with Crippen molar-refractivity contribution in [3.63, 3.8) is 0 Å². The smallest absolute Gasteiger partial charge is 0.228 e. The maximum Gasteiger partial charge on any atom is 0.228 e. The minimum absolute atomic E-state index is 0.0558. The Bertz CT molecular complexity index is 769. The van der Waals surface area contributed by atoms with Crippen LogP contribution in [0.1, 0.15) is 11.1 Å². The molecule has 0 spiro atoms. The zero-order valence-electron chi connectivity index (χ0n) is 11.1. The van der Waals surface area contributed by atoms with Gasteiger partial charge in [0.25, 0.3) is 0 Å². The zero-order chi connectivity index (χ0) is 14.8. The van der Waals surface area contributed by atoms with E-state index in [1.165, 1.54) is 6.08 Å². The van der Waals surface area contributed by atoms with Crippen molar-refractivity contribution in [1.29, 1.82) is 0 Å². The number of carbonyl (C=O) groups excluding carboxylic acids is 2. The van der Waals surface area contributed by atoms with Crippen LogP contribution in [0.15, 0.2) is 72.5 Å². The summed E-state index contributed by atoms with van der Waals surface area (Å²) >= 11 is 0. The lowest BCUT2D eigenvalue weighted by Gasteiger charge is -2.15. The molecule has 0 saturated heterocycles. The lowest BCUT2D eigenvalue weighted by Crippen LogP contribution is -2.17. The van der Waals surface area contributed by atoms with E-state index in [0.717, 1.165) is 0 Å². The first-order valence-corrected chi connectivity index (χ1v) is 6.53. The predicted molar refractivity (Wildman–Crippen MR) is 80.4 cm³/mol. The first-order chi connectivity index (χ1) is 10.2. The zero-order valence-corrected chi connectivity index (χ0v) is 11.1. The molecular weight excluding hydrogens is 264 g/mol. The van der Waals surface area contributed by atoms with Gasteiger partial charge >= 0.3 is 0 Å². The highest BCUT2D eigenvalue weighted by atomic mass is 16.3. The molecule has 0 radical (unpaired) electrons. The van der Waals surface area contributed by atoms with Crippen LogP contribution in [-0.4, -0.2) is 16.7 Å².